The Bertz CT molecular complexity index is 737. The van der Waals surface area contributed by atoms with Crippen LogP contribution < -0.4 is 0 Å². The van der Waals surface area contributed by atoms with Crippen LogP contribution >= 0.6 is 11.8 Å². The van der Waals surface area contributed by atoms with Crippen LogP contribution in [0.1, 0.15) is 43.4 Å². The maximum Gasteiger partial charge on any atom is 0.0233 e. The second-order valence-corrected chi connectivity index (χ2v) is 6.93. The van der Waals surface area contributed by atoms with E-state index in [-0.39, 0.29) is 0 Å². The molecule has 2 aromatic carbocycles. The number of aryl methyl sites for hydroxylation is 1. The first-order valence-electron chi connectivity index (χ1n) is 7.94. The average molecular weight is 306 g/mol. The molecule has 0 bridgehead atoms. The van der Waals surface area contributed by atoms with Gasteiger partial charge in [0.2, 0.25) is 0 Å². The Morgan fingerprint density at radius 3 is 2.64 bits per heavy atom. The average Bonchev–Trinajstić information content (AvgIpc) is 2.53. The van der Waals surface area contributed by atoms with Gasteiger partial charge in [-0.25, -0.2) is 0 Å². The van der Waals surface area contributed by atoms with E-state index in [1.54, 1.807) is 0 Å². The molecule has 0 amide bonds. The topological polar surface area (TPSA) is 0 Å². The molecule has 0 saturated carbocycles. The monoisotopic (exact) mass is 306 g/mol. The molecule has 0 aliphatic carbocycles. The van der Waals surface area contributed by atoms with E-state index in [0.29, 0.717) is 0 Å². The van der Waals surface area contributed by atoms with Crippen LogP contribution in [0.15, 0.2) is 70.5 Å². The Hall–Kier alpha value is -1.73. The summed E-state index contributed by atoms with van der Waals surface area (Å²) < 4.78 is 0. The molecule has 22 heavy (non-hydrogen) atoms. The number of hydrogen-bond donors (Lipinski definition) is 0. The van der Waals surface area contributed by atoms with Crippen molar-refractivity contribution in [2.24, 2.45) is 0 Å². The third-order valence-corrected chi connectivity index (χ3v) is 5.27. The van der Waals surface area contributed by atoms with Crippen molar-refractivity contribution in [1.82, 2.24) is 0 Å². The fourth-order valence-electron chi connectivity index (χ4n) is 2.92. The van der Waals surface area contributed by atoms with Gasteiger partial charge in [0.1, 0.15) is 0 Å². The molecule has 0 fully saturated rings. The Kier molecular flexibility index (Phi) is 4.54. The zero-order chi connectivity index (χ0) is 15.5. The van der Waals surface area contributed by atoms with Gasteiger partial charge in [0.15, 0.2) is 0 Å². The van der Waals surface area contributed by atoms with Gasteiger partial charge in [-0.15, -0.1) is 6.58 Å². The predicted octanol–water partition coefficient (Wildman–Crippen LogP) is 6.50. The minimum absolute atomic E-state index is 1.06. The molecule has 3 rings (SSSR count). The highest BCUT2D eigenvalue weighted by molar-refractivity contribution is 7.99. The SMILES string of the molecule is C=C(C)CCc1cccc2c1Sc1ccccc1/C2=C\CC. The van der Waals surface area contributed by atoms with Gasteiger partial charge in [-0.3, -0.25) is 0 Å². The smallest absolute Gasteiger partial charge is 0.0233 e. The lowest BCUT2D eigenvalue weighted by Crippen LogP contribution is -2.02. The standard InChI is InChI=1S/C21H22S/c1-4-8-17-18-10-5-6-12-20(18)22-21-16(14-13-15(2)3)9-7-11-19(17)21/h5-12H,2,4,13-14H2,1,3H3/b17-8+. The molecule has 1 heteroatoms. The predicted molar refractivity (Wildman–Crippen MR) is 97.5 cm³/mol. The van der Waals surface area contributed by atoms with Crippen LogP contribution in [0.5, 0.6) is 0 Å². The lowest BCUT2D eigenvalue weighted by Gasteiger charge is -2.24. The number of benzene rings is 2. The quantitative estimate of drug-likeness (QED) is 0.496. The van der Waals surface area contributed by atoms with Gasteiger partial charge in [0.05, 0.1) is 0 Å². The van der Waals surface area contributed by atoms with Crippen molar-refractivity contribution < 1.29 is 0 Å². The molecule has 0 unspecified atom stereocenters. The van der Waals surface area contributed by atoms with Crippen LogP contribution in [0.3, 0.4) is 0 Å². The molecular weight excluding hydrogens is 284 g/mol. The van der Waals surface area contributed by atoms with Crippen LogP contribution in [0.4, 0.5) is 0 Å². The zero-order valence-corrected chi connectivity index (χ0v) is 14.2. The maximum atomic E-state index is 4.04. The summed E-state index contributed by atoms with van der Waals surface area (Å²) in [7, 11) is 0. The molecule has 1 aliphatic heterocycles. The molecule has 1 heterocycles. The molecule has 0 radical (unpaired) electrons. The van der Waals surface area contributed by atoms with E-state index in [1.807, 2.05) is 11.8 Å². The summed E-state index contributed by atoms with van der Waals surface area (Å²) in [5, 5.41) is 0. The van der Waals surface area contributed by atoms with Crippen LogP contribution in [0.2, 0.25) is 0 Å². The van der Waals surface area contributed by atoms with E-state index in [2.05, 4.69) is 69.0 Å². The minimum atomic E-state index is 1.06. The van der Waals surface area contributed by atoms with E-state index >= 15 is 0 Å². The summed E-state index contributed by atoms with van der Waals surface area (Å²) in [4.78, 5) is 2.81. The first-order chi connectivity index (χ1) is 10.7. The highest BCUT2D eigenvalue weighted by Gasteiger charge is 2.22. The molecule has 1 aliphatic rings. The molecule has 112 valence electrons. The molecule has 0 spiro atoms. The van der Waals surface area contributed by atoms with Crippen LogP contribution in [-0.2, 0) is 6.42 Å². The minimum Gasteiger partial charge on any atom is -0.100 e. The molecule has 0 nitrogen and oxygen atoms in total. The summed E-state index contributed by atoms with van der Waals surface area (Å²) in [6, 6.07) is 15.5. The van der Waals surface area contributed by atoms with Crippen molar-refractivity contribution in [3.8, 4) is 0 Å². The Morgan fingerprint density at radius 2 is 1.86 bits per heavy atom. The van der Waals surface area contributed by atoms with Gasteiger partial charge in [0.25, 0.3) is 0 Å². The van der Waals surface area contributed by atoms with Gasteiger partial charge in [0, 0.05) is 9.79 Å². The first-order valence-corrected chi connectivity index (χ1v) is 8.76. The maximum absolute atomic E-state index is 4.04. The molecular formula is C21H22S. The van der Waals surface area contributed by atoms with E-state index in [4.69, 9.17) is 0 Å². The summed E-state index contributed by atoms with van der Waals surface area (Å²) in [6.45, 7) is 8.37. The van der Waals surface area contributed by atoms with Gasteiger partial charge in [-0.2, -0.15) is 0 Å². The molecule has 2 aromatic rings. The molecule has 0 aromatic heterocycles. The van der Waals surface area contributed by atoms with Crippen molar-refractivity contribution >= 4 is 17.3 Å². The summed E-state index contributed by atoms with van der Waals surface area (Å²) in [5.41, 5.74) is 6.86. The summed E-state index contributed by atoms with van der Waals surface area (Å²) >= 11 is 1.92. The van der Waals surface area contributed by atoms with Gasteiger partial charge < -0.3 is 0 Å². The largest absolute Gasteiger partial charge is 0.100 e. The number of allylic oxidation sites excluding steroid dienone is 2. The highest BCUT2D eigenvalue weighted by atomic mass is 32.2. The van der Waals surface area contributed by atoms with Crippen molar-refractivity contribution in [3.63, 3.8) is 0 Å². The molecule has 0 atom stereocenters. The van der Waals surface area contributed by atoms with E-state index < -0.39 is 0 Å². The highest BCUT2D eigenvalue weighted by Crippen LogP contribution is 2.47. The lowest BCUT2D eigenvalue weighted by molar-refractivity contribution is 0.919. The van der Waals surface area contributed by atoms with Gasteiger partial charge in [-0.05, 0) is 54.5 Å². The summed E-state index contributed by atoms with van der Waals surface area (Å²) in [6.07, 6.45) is 5.56. The normalized spacial score (nSPS) is 14.5. The molecule has 0 N–H and O–H groups in total. The second kappa shape index (κ2) is 6.58. The van der Waals surface area contributed by atoms with Crippen LogP contribution in [0.25, 0.3) is 5.57 Å². The van der Waals surface area contributed by atoms with E-state index in [1.165, 1.54) is 37.6 Å². The van der Waals surface area contributed by atoms with Gasteiger partial charge in [-0.1, -0.05) is 66.7 Å². The third kappa shape index (κ3) is 2.91. The Balaban J connectivity index is 2.10. The van der Waals surface area contributed by atoms with Crippen LogP contribution in [-0.4, -0.2) is 0 Å². The van der Waals surface area contributed by atoms with Gasteiger partial charge >= 0.3 is 0 Å². The Morgan fingerprint density at radius 1 is 1.09 bits per heavy atom. The zero-order valence-electron chi connectivity index (χ0n) is 13.4. The second-order valence-electron chi connectivity index (χ2n) is 5.88. The molecule has 0 saturated heterocycles. The van der Waals surface area contributed by atoms with Crippen LogP contribution in [0, 0.1) is 0 Å². The number of hydrogen-bond acceptors (Lipinski definition) is 1. The first kappa shape index (κ1) is 15.2. The van der Waals surface area contributed by atoms with Crippen molar-refractivity contribution in [1.29, 1.82) is 0 Å². The fraction of sp³-hybridized carbons (Fsp3) is 0.238. The van der Waals surface area contributed by atoms with E-state index in [0.717, 1.165) is 19.3 Å². The van der Waals surface area contributed by atoms with Crippen molar-refractivity contribution in [3.05, 3.63) is 77.4 Å². The third-order valence-electron chi connectivity index (χ3n) is 4.01. The number of rotatable bonds is 4. The number of fused-ring (bicyclic) bond motifs is 2. The van der Waals surface area contributed by atoms with Crippen molar-refractivity contribution in [2.75, 3.05) is 0 Å². The fourth-order valence-corrected chi connectivity index (χ4v) is 4.16. The van der Waals surface area contributed by atoms with Crippen molar-refractivity contribution in [2.45, 2.75) is 42.9 Å². The van der Waals surface area contributed by atoms with E-state index in [9.17, 15) is 0 Å². The summed E-state index contributed by atoms with van der Waals surface area (Å²) in [5.74, 6) is 0. The Labute approximate surface area is 138 Å². The lowest BCUT2D eigenvalue weighted by atomic mass is 9.93.